The lowest BCUT2D eigenvalue weighted by Gasteiger charge is -2.15. The normalized spacial score (nSPS) is 14.9. The van der Waals surface area contributed by atoms with Crippen LogP contribution in [0.15, 0.2) is 0 Å². The van der Waals surface area contributed by atoms with Gasteiger partial charge in [0, 0.05) is 24.5 Å². The Kier molecular flexibility index (Phi) is 5.97. The first-order valence-electron chi connectivity index (χ1n) is 6.03. The molecule has 2 unspecified atom stereocenters. The number of nitrogens with one attached hydrogen (secondary N) is 1. The van der Waals surface area contributed by atoms with Gasteiger partial charge in [-0.2, -0.15) is 5.10 Å². The summed E-state index contributed by atoms with van der Waals surface area (Å²) in [6, 6.07) is 0.459. The second kappa shape index (κ2) is 6.76. The van der Waals surface area contributed by atoms with Crippen LogP contribution < -0.4 is 5.32 Å². The van der Waals surface area contributed by atoms with E-state index in [2.05, 4.69) is 47.1 Å². The molecule has 0 fully saturated rings. The van der Waals surface area contributed by atoms with Crippen LogP contribution in [0, 0.1) is 0 Å². The molecule has 0 aliphatic carbocycles. The van der Waals surface area contributed by atoms with Crippen LogP contribution >= 0.6 is 27.5 Å². The van der Waals surface area contributed by atoms with E-state index in [4.69, 9.17) is 11.6 Å². The van der Waals surface area contributed by atoms with Gasteiger partial charge in [0.2, 0.25) is 0 Å². The highest BCUT2D eigenvalue weighted by Gasteiger charge is 2.13. The molecule has 1 heterocycles. The molecule has 0 saturated carbocycles. The largest absolute Gasteiger partial charge is 0.309 e. The highest BCUT2D eigenvalue weighted by atomic mass is 79.9. The van der Waals surface area contributed by atoms with E-state index in [0.717, 1.165) is 35.8 Å². The molecule has 98 valence electrons. The summed E-state index contributed by atoms with van der Waals surface area (Å²) in [6.07, 6.45) is 1.97. The lowest BCUT2D eigenvalue weighted by atomic mass is 10.2. The van der Waals surface area contributed by atoms with Crippen LogP contribution in [0.2, 0.25) is 5.02 Å². The Labute approximate surface area is 117 Å². The molecule has 1 aromatic heterocycles. The van der Waals surface area contributed by atoms with Gasteiger partial charge in [-0.3, -0.25) is 4.68 Å². The zero-order chi connectivity index (χ0) is 13.0. The number of nitrogens with zero attached hydrogens (tertiary/aromatic N) is 2. The first-order chi connectivity index (χ1) is 7.95. The van der Waals surface area contributed by atoms with Gasteiger partial charge >= 0.3 is 0 Å². The SMILES string of the molecule is CCc1nn(C)c(CNC(C)CC(C)Br)c1Cl. The van der Waals surface area contributed by atoms with Crippen LogP contribution in [0.1, 0.15) is 38.6 Å². The van der Waals surface area contributed by atoms with E-state index in [9.17, 15) is 0 Å². The molecule has 2 atom stereocenters. The van der Waals surface area contributed by atoms with Crippen molar-refractivity contribution in [3.8, 4) is 0 Å². The number of hydrogen-bond acceptors (Lipinski definition) is 2. The third-order valence-corrected chi connectivity index (χ3v) is 3.61. The molecule has 1 N–H and O–H groups in total. The number of halogens is 2. The standard InChI is InChI=1S/C12H21BrClN3/c1-5-10-12(14)11(17(4)16-10)7-15-9(3)6-8(2)13/h8-9,15H,5-7H2,1-4H3. The molecule has 0 aliphatic rings. The summed E-state index contributed by atoms with van der Waals surface area (Å²) >= 11 is 9.85. The summed E-state index contributed by atoms with van der Waals surface area (Å²) in [5, 5.41) is 8.68. The Morgan fingerprint density at radius 1 is 1.47 bits per heavy atom. The monoisotopic (exact) mass is 321 g/mol. The minimum atomic E-state index is 0.459. The van der Waals surface area contributed by atoms with Gasteiger partial charge in [-0.25, -0.2) is 0 Å². The third kappa shape index (κ3) is 4.27. The van der Waals surface area contributed by atoms with E-state index in [0.29, 0.717) is 10.9 Å². The van der Waals surface area contributed by atoms with E-state index in [1.165, 1.54) is 0 Å². The molecule has 0 aromatic carbocycles. The maximum absolute atomic E-state index is 6.29. The van der Waals surface area contributed by atoms with Crippen molar-refractivity contribution in [2.45, 2.75) is 51.0 Å². The first-order valence-corrected chi connectivity index (χ1v) is 7.32. The second-order valence-corrected chi connectivity index (χ2v) is 6.42. The fraction of sp³-hybridized carbons (Fsp3) is 0.750. The Balaban J connectivity index is 2.60. The summed E-state index contributed by atoms with van der Waals surface area (Å²) in [5.41, 5.74) is 2.05. The Morgan fingerprint density at radius 3 is 2.59 bits per heavy atom. The lowest BCUT2D eigenvalue weighted by Crippen LogP contribution is -2.28. The van der Waals surface area contributed by atoms with Crippen LogP contribution in [-0.4, -0.2) is 20.6 Å². The smallest absolute Gasteiger partial charge is 0.0863 e. The van der Waals surface area contributed by atoms with Gasteiger partial charge in [0.05, 0.1) is 16.4 Å². The van der Waals surface area contributed by atoms with Gasteiger partial charge in [0.15, 0.2) is 0 Å². The number of aromatic nitrogens is 2. The molecule has 3 nitrogen and oxygen atoms in total. The van der Waals surface area contributed by atoms with Crippen LogP contribution in [0.25, 0.3) is 0 Å². The maximum atomic E-state index is 6.29. The van der Waals surface area contributed by atoms with E-state index >= 15 is 0 Å². The second-order valence-electron chi connectivity index (χ2n) is 4.48. The molecule has 0 saturated heterocycles. The van der Waals surface area contributed by atoms with Gasteiger partial charge in [-0.1, -0.05) is 41.4 Å². The predicted octanol–water partition coefficient (Wildman–Crippen LogP) is 3.29. The lowest BCUT2D eigenvalue weighted by molar-refractivity contribution is 0.501. The summed E-state index contributed by atoms with van der Waals surface area (Å²) in [7, 11) is 1.94. The average Bonchev–Trinajstić information content (AvgIpc) is 2.50. The molecule has 0 amide bonds. The molecular weight excluding hydrogens is 302 g/mol. The van der Waals surface area contributed by atoms with Crippen molar-refractivity contribution in [2.24, 2.45) is 7.05 Å². The fourth-order valence-electron chi connectivity index (χ4n) is 1.85. The van der Waals surface area contributed by atoms with Crippen molar-refractivity contribution in [3.63, 3.8) is 0 Å². The molecule has 0 radical (unpaired) electrons. The molecule has 0 aliphatic heterocycles. The molecule has 5 heteroatoms. The Hall–Kier alpha value is -0.0600. The summed E-state index contributed by atoms with van der Waals surface area (Å²) in [5.74, 6) is 0. The van der Waals surface area contributed by atoms with Crippen molar-refractivity contribution in [2.75, 3.05) is 0 Å². The number of aryl methyl sites for hydroxylation is 2. The first kappa shape index (κ1) is 15.0. The quantitative estimate of drug-likeness (QED) is 0.815. The minimum absolute atomic E-state index is 0.459. The molecule has 1 rings (SSSR count). The van der Waals surface area contributed by atoms with E-state index < -0.39 is 0 Å². The van der Waals surface area contributed by atoms with Crippen LogP contribution in [0.3, 0.4) is 0 Å². The zero-order valence-corrected chi connectivity index (χ0v) is 13.3. The highest BCUT2D eigenvalue weighted by molar-refractivity contribution is 9.09. The van der Waals surface area contributed by atoms with E-state index in [-0.39, 0.29) is 0 Å². The number of hydrogen-bond donors (Lipinski definition) is 1. The molecular formula is C12H21BrClN3. The van der Waals surface area contributed by atoms with Crippen LogP contribution in [-0.2, 0) is 20.0 Å². The Bertz CT molecular complexity index is 363. The van der Waals surface area contributed by atoms with Crippen molar-refractivity contribution in [3.05, 3.63) is 16.4 Å². The summed E-state index contributed by atoms with van der Waals surface area (Å²) in [4.78, 5) is 0.526. The minimum Gasteiger partial charge on any atom is -0.309 e. The highest BCUT2D eigenvalue weighted by Crippen LogP contribution is 2.20. The van der Waals surface area contributed by atoms with Gasteiger partial charge in [0.25, 0.3) is 0 Å². The number of rotatable bonds is 6. The molecule has 0 bridgehead atoms. The summed E-state index contributed by atoms with van der Waals surface area (Å²) < 4.78 is 1.87. The van der Waals surface area contributed by atoms with Crippen LogP contribution in [0.5, 0.6) is 0 Å². The Morgan fingerprint density at radius 2 is 2.12 bits per heavy atom. The van der Waals surface area contributed by atoms with Gasteiger partial charge in [-0.15, -0.1) is 0 Å². The average molecular weight is 323 g/mol. The topological polar surface area (TPSA) is 29.9 Å². The van der Waals surface area contributed by atoms with E-state index in [1.54, 1.807) is 0 Å². The van der Waals surface area contributed by atoms with Gasteiger partial charge in [0.1, 0.15) is 0 Å². The van der Waals surface area contributed by atoms with Crippen molar-refractivity contribution >= 4 is 27.5 Å². The van der Waals surface area contributed by atoms with Gasteiger partial charge < -0.3 is 5.32 Å². The summed E-state index contributed by atoms with van der Waals surface area (Å²) in [6.45, 7) is 7.18. The van der Waals surface area contributed by atoms with Crippen LogP contribution in [0.4, 0.5) is 0 Å². The van der Waals surface area contributed by atoms with Gasteiger partial charge in [-0.05, 0) is 19.8 Å². The molecule has 0 spiro atoms. The third-order valence-electron chi connectivity index (χ3n) is 2.80. The van der Waals surface area contributed by atoms with Crippen molar-refractivity contribution in [1.29, 1.82) is 0 Å². The maximum Gasteiger partial charge on any atom is 0.0863 e. The molecule has 1 aromatic rings. The molecule has 17 heavy (non-hydrogen) atoms. The fourth-order valence-corrected chi connectivity index (χ4v) is 2.77. The van der Waals surface area contributed by atoms with Crippen molar-refractivity contribution < 1.29 is 0 Å². The predicted molar refractivity (Wildman–Crippen MR) is 76.9 cm³/mol. The van der Waals surface area contributed by atoms with Crippen molar-refractivity contribution in [1.82, 2.24) is 15.1 Å². The van der Waals surface area contributed by atoms with E-state index in [1.807, 2.05) is 11.7 Å². The number of alkyl halides is 1. The zero-order valence-electron chi connectivity index (χ0n) is 10.9.